The smallest absolute Gasteiger partial charge is 0.109 e. The van der Waals surface area contributed by atoms with Crippen molar-refractivity contribution >= 4 is 40.1 Å². The van der Waals surface area contributed by atoms with Crippen molar-refractivity contribution in [1.82, 2.24) is 5.32 Å². The zero-order valence-corrected chi connectivity index (χ0v) is 10.3. The van der Waals surface area contributed by atoms with E-state index in [1.165, 1.54) is 0 Å². The van der Waals surface area contributed by atoms with Crippen LogP contribution in [0, 0.1) is 0 Å². The van der Waals surface area contributed by atoms with Gasteiger partial charge in [-0.15, -0.1) is 0 Å². The first-order chi connectivity index (χ1) is 7.00. The highest BCUT2D eigenvalue weighted by atomic mass is 32.1. The number of benzene rings is 1. The second-order valence-electron chi connectivity index (χ2n) is 4.08. The van der Waals surface area contributed by atoms with Gasteiger partial charge in [-0.1, -0.05) is 36.6 Å². The maximum absolute atomic E-state index is 5.34. The molecule has 1 aliphatic rings. The Morgan fingerprint density at radius 1 is 1.13 bits per heavy atom. The third-order valence-corrected chi connectivity index (χ3v) is 3.35. The minimum Gasteiger partial charge on any atom is -0.364 e. The molecule has 0 spiro atoms. The van der Waals surface area contributed by atoms with E-state index in [9.17, 15) is 0 Å². The van der Waals surface area contributed by atoms with Crippen LogP contribution >= 0.6 is 24.4 Å². The molecule has 2 N–H and O–H groups in total. The van der Waals surface area contributed by atoms with Crippen molar-refractivity contribution in [2.24, 2.45) is 0 Å². The molecule has 78 valence electrons. The molecule has 0 saturated heterocycles. The summed E-state index contributed by atoms with van der Waals surface area (Å²) >= 11 is 10.7. The maximum atomic E-state index is 5.34. The van der Waals surface area contributed by atoms with E-state index >= 15 is 0 Å². The summed E-state index contributed by atoms with van der Waals surface area (Å²) in [5, 5.41) is 6.48. The molecule has 0 aliphatic carbocycles. The lowest BCUT2D eigenvalue weighted by Crippen LogP contribution is -2.49. The second kappa shape index (κ2) is 3.54. The monoisotopic (exact) mass is 236 g/mol. The molecule has 1 heterocycles. The van der Waals surface area contributed by atoms with Crippen LogP contribution < -0.4 is 10.6 Å². The summed E-state index contributed by atoms with van der Waals surface area (Å²) in [7, 11) is 0. The average molecular weight is 236 g/mol. The fourth-order valence-electron chi connectivity index (χ4n) is 1.48. The SMILES string of the molecule is CC1(C)NC(=S)c2ccccc2NC1=S. The Hall–Kier alpha value is -1.00. The molecule has 1 aromatic carbocycles. The van der Waals surface area contributed by atoms with E-state index < -0.39 is 0 Å². The predicted molar refractivity (Wildman–Crippen MR) is 71.6 cm³/mol. The second-order valence-corrected chi connectivity index (χ2v) is 4.90. The highest BCUT2D eigenvalue weighted by Gasteiger charge is 2.29. The summed E-state index contributed by atoms with van der Waals surface area (Å²) in [4.78, 5) is 1.50. The topological polar surface area (TPSA) is 24.1 Å². The van der Waals surface area contributed by atoms with Gasteiger partial charge in [0.25, 0.3) is 0 Å². The molecule has 1 aromatic rings. The van der Waals surface area contributed by atoms with Crippen LogP contribution in [-0.2, 0) is 0 Å². The van der Waals surface area contributed by atoms with Gasteiger partial charge in [0, 0.05) is 11.3 Å². The van der Waals surface area contributed by atoms with Crippen molar-refractivity contribution in [1.29, 1.82) is 0 Å². The minimum absolute atomic E-state index is 0.300. The zero-order valence-electron chi connectivity index (χ0n) is 8.63. The number of hydrogen-bond donors (Lipinski definition) is 2. The average Bonchev–Trinajstić information content (AvgIpc) is 2.24. The summed E-state index contributed by atoms with van der Waals surface area (Å²) in [5.41, 5.74) is 1.68. The molecule has 0 radical (unpaired) electrons. The van der Waals surface area contributed by atoms with E-state index in [1.807, 2.05) is 38.1 Å². The molecule has 0 bridgehead atoms. The summed E-state index contributed by atoms with van der Waals surface area (Å²) in [6, 6.07) is 7.91. The molecular formula is C11H12N2S2. The van der Waals surface area contributed by atoms with Gasteiger partial charge >= 0.3 is 0 Å². The quantitative estimate of drug-likeness (QED) is 0.676. The first-order valence-electron chi connectivity index (χ1n) is 4.74. The lowest BCUT2D eigenvalue weighted by atomic mass is 10.1. The first kappa shape index (κ1) is 10.5. The van der Waals surface area contributed by atoms with E-state index in [-0.39, 0.29) is 5.54 Å². The molecular weight excluding hydrogens is 224 g/mol. The van der Waals surface area contributed by atoms with Crippen LogP contribution in [0.3, 0.4) is 0 Å². The molecule has 1 aliphatic heterocycles. The predicted octanol–water partition coefficient (Wildman–Crippen LogP) is 2.48. The summed E-state index contributed by atoms with van der Waals surface area (Å²) in [6.07, 6.45) is 0. The van der Waals surface area contributed by atoms with Gasteiger partial charge in [-0.05, 0) is 26.0 Å². The standard InChI is InChI=1S/C11H12N2S2/c1-11(2)10(15)12-8-6-4-3-5-7(8)9(14)13-11/h3-6H,1-2H3,(H,12,15)(H,13,14). The molecule has 2 rings (SSSR count). The molecule has 0 unspecified atom stereocenters. The highest BCUT2D eigenvalue weighted by molar-refractivity contribution is 7.81. The van der Waals surface area contributed by atoms with E-state index in [4.69, 9.17) is 24.4 Å². The fraction of sp³-hybridized carbons (Fsp3) is 0.273. The number of rotatable bonds is 0. The van der Waals surface area contributed by atoms with Gasteiger partial charge in [0.2, 0.25) is 0 Å². The van der Waals surface area contributed by atoms with Crippen LogP contribution in [0.15, 0.2) is 24.3 Å². The van der Waals surface area contributed by atoms with Crippen LogP contribution in [-0.4, -0.2) is 15.5 Å². The Kier molecular flexibility index (Phi) is 2.48. The van der Waals surface area contributed by atoms with Crippen LogP contribution in [0.2, 0.25) is 0 Å². The Labute approximate surface area is 100 Å². The third-order valence-electron chi connectivity index (χ3n) is 2.41. The van der Waals surface area contributed by atoms with Gasteiger partial charge in [0.05, 0.1) is 5.54 Å². The molecule has 2 nitrogen and oxygen atoms in total. The number of nitrogens with one attached hydrogen (secondary N) is 2. The zero-order chi connectivity index (χ0) is 11.1. The number of para-hydroxylation sites is 1. The summed E-state index contributed by atoms with van der Waals surface area (Å²) in [5.74, 6) is 0. The van der Waals surface area contributed by atoms with E-state index in [1.54, 1.807) is 0 Å². The Bertz CT molecular complexity index is 438. The molecule has 0 fully saturated rings. The molecule has 15 heavy (non-hydrogen) atoms. The van der Waals surface area contributed by atoms with Crippen molar-refractivity contribution in [3.05, 3.63) is 29.8 Å². The Balaban J connectivity index is 2.51. The molecule has 0 amide bonds. The minimum atomic E-state index is -0.300. The van der Waals surface area contributed by atoms with Gasteiger partial charge in [0.1, 0.15) is 9.98 Å². The van der Waals surface area contributed by atoms with Gasteiger partial charge in [-0.3, -0.25) is 0 Å². The van der Waals surface area contributed by atoms with Gasteiger partial charge in [-0.2, -0.15) is 0 Å². The third kappa shape index (κ3) is 1.87. The Morgan fingerprint density at radius 3 is 2.53 bits per heavy atom. The van der Waals surface area contributed by atoms with Crippen LogP contribution in [0.1, 0.15) is 19.4 Å². The van der Waals surface area contributed by atoms with Gasteiger partial charge in [-0.25, -0.2) is 0 Å². The van der Waals surface area contributed by atoms with Crippen molar-refractivity contribution in [3.8, 4) is 0 Å². The normalized spacial score (nSPS) is 18.5. The summed E-state index contributed by atoms with van der Waals surface area (Å²) in [6.45, 7) is 4.03. The van der Waals surface area contributed by atoms with Crippen LogP contribution in [0.4, 0.5) is 5.69 Å². The molecule has 0 saturated carbocycles. The number of hydrogen-bond acceptors (Lipinski definition) is 2. The molecule has 0 aromatic heterocycles. The van der Waals surface area contributed by atoms with Crippen LogP contribution in [0.25, 0.3) is 0 Å². The number of thiocarbonyl (C=S) groups is 2. The largest absolute Gasteiger partial charge is 0.364 e. The molecule has 0 atom stereocenters. The lowest BCUT2D eigenvalue weighted by molar-refractivity contribution is 0.631. The number of fused-ring (bicyclic) bond motifs is 1. The van der Waals surface area contributed by atoms with E-state index in [2.05, 4.69) is 10.6 Å². The van der Waals surface area contributed by atoms with Gasteiger partial charge in [0.15, 0.2) is 0 Å². The van der Waals surface area contributed by atoms with Crippen molar-refractivity contribution in [2.75, 3.05) is 5.32 Å². The highest BCUT2D eigenvalue weighted by Crippen LogP contribution is 2.22. The van der Waals surface area contributed by atoms with E-state index in [0.717, 1.165) is 21.2 Å². The van der Waals surface area contributed by atoms with Crippen molar-refractivity contribution in [2.45, 2.75) is 19.4 Å². The summed E-state index contributed by atoms with van der Waals surface area (Å²) < 4.78 is 0. The van der Waals surface area contributed by atoms with Crippen molar-refractivity contribution in [3.63, 3.8) is 0 Å². The van der Waals surface area contributed by atoms with Crippen molar-refractivity contribution < 1.29 is 0 Å². The number of anilines is 1. The maximum Gasteiger partial charge on any atom is 0.109 e. The lowest BCUT2D eigenvalue weighted by Gasteiger charge is -2.25. The first-order valence-corrected chi connectivity index (χ1v) is 5.55. The van der Waals surface area contributed by atoms with Gasteiger partial charge < -0.3 is 10.6 Å². The fourth-order valence-corrected chi connectivity index (χ4v) is 2.07. The van der Waals surface area contributed by atoms with Crippen LogP contribution in [0.5, 0.6) is 0 Å². The Morgan fingerprint density at radius 2 is 1.80 bits per heavy atom. The van der Waals surface area contributed by atoms with E-state index in [0.29, 0.717) is 0 Å². The molecule has 4 heteroatoms.